The molecule has 0 fully saturated rings. The molecular formula is C16H24ClN3O3. The molecule has 0 radical (unpaired) electrons. The molecule has 0 saturated heterocycles. The van der Waals surface area contributed by atoms with Crippen molar-refractivity contribution < 1.29 is 14.3 Å². The Bertz CT molecular complexity index is 537. The molecule has 23 heavy (non-hydrogen) atoms. The van der Waals surface area contributed by atoms with Crippen LogP contribution in [0.4, 0.5) is 5.69 Å². The van der Waals surface area contributed by atoms with Crippen LogP contribution in [0, 0.1) is 6.92 Å². The number of nitrogens with one attached hydrogen (secondary N) is 2. The van der Waals surface area contributed by atoms with Gasteiger partial charge in [-0.3, -0.25) is 14.5 Å². The van der Waals surface area contributed by atoms with Gasteiger partial charge in [0.15, 0.2) is 0 Å². The van der Waals surface area contributed by atoms with Gasteiger partial charge in [0.2, 0.25) is 11.8 Å². The normalized spacial score (nSPS) is 10.7. The number of benzene rings is 1. The van der Waals surface area contributed by atoms with Crippen LogP contribution in [0.3, 0.4) is 0 Å². The fourth-order valence-electron chi connectivity index (χ4n) is 2.00. The highest BCUT2D eigenvalue weighted by atomic mass is 35.5. The summed E-state index contributed by atoms with van der Waals surface area (Å²) in [7, 11) is 3.35. The molecule has 1 rings (SSSR count). The van der Waals surface area contributed by atoms with E-state index in [4.69, 9.17) is 16.3 Å². The molecule has 0 heterocycles. The average molecular weight is 342 g/mol. The molecule has 0 spiro atoms. The molecule has 0 unspecified atom stereocenters. The minimum Gasteiger partial charge on any atom is -0.385 e. The predicted octanol–water partition coefficient (Wildman–Crippen LogP) is 1.67. The van der Waals surface area contributed by atoms with E-state index in [-0.39, 0.29) is 24.9 Å². The molecule has 1 aromatic rings. The second-order valence-electron chi connectivity index (χ2n) is 5.38. The number of anilines is 1. The molecule has 0 aliphatic rings. The van der Waals surface area contributed by atoms with Crippen molar-refractivity contribution in [3.63, 3.8) is 0 Å². The third-order valence-electron chi connectivity index (χ3n) is 3.14. The number of ether oxygens (including phenoxy) is 1. The van der Waals surface area contributed by atoms with E-state index < -0.39 is 0 Å². The highest BCUT2D eigenvalue weighted by Crippen LogP contribution is 2.19. The van der Waals surface area contributed by atoms with Crippen LogP contribution in [0.2, 0.25) is 5.02 Å². The highest BCUT2D eigenvalue weighted by molar-refractivity contribution is 6.30. The lowest BCUT2D eigenvalue weighted by Crippen LogP contribution is -2.39. The zero-order chi connectivity index (χ0) is 17.2. The van der Waals surface area contributed by atoms with E-state index >= 15 is 0 Å². The molecule has 2 N–H and O–H groups in total. The van der Waals surface area contributed by atoms with Crippen LogP contribution >= 0.6 is 11.6 Å². The van der Waals surface area contributed by atoms with Gasteiger partial charge < -0.3 is 15.4 Å². The van der Waals surface area contributed by atoms with Crippen molar-refractivity contribution in [3.05, 3.63) is 28.8 Å². The summed E-state index contributed by atoms with van der Waals surface area (Å²) < 4.78 is 4.91. The summed E-state index contributed by atoms with van der Waals surface area (Å²) in [4.78, 5) is 25.4. The van der Waals surface area contributed by atoms with Crippen LogP contribution in [-0.4, -0.2) is 57.1 Å². The minimum absolute atomic E-state index is 0.112. The molecule has 0 atom stereocenters. The number of nitrogens with zero attached hydrogens (tertiary/aromatic N) is 1. The lowest BCUT2D eigenvalue weighted by molar-refractivity contribution is -0.123. The van der Waals surface area contributed by atoms with E-state index in [1.165, 1.54) is 0 Å². The average Bonchev–Trinajstić information content (AvgIpc) is 2.46. The summed E-state index contributed by atoms with van der Waals surface area (Å²) in [6, 6.07) is 5.27. The Morgan fingerprint density at radius 1 is 1.26 bits per heavy atom. The van der Waals surface area contributed by atoms with Gasteiger partial charge in [0.05, 0.1) is 13.1 Å². The van der Waals surface area contributed by atoms with Crippen LogP contribution in [0.1, 0.15) is 12.0 Å². The second-order valence-corrected chi connectivity index (χ2v) is 5.81. The molecular weight excluding hydrogens is 318 g/mol. The van der Waals surface area contributed by atoms with Crippen molar-refractivity contribution >= 4 is 29.1 Å². The predicted molar refractivity (Wildman–Crippen MR) is 91.8 cm³/mol. The molecule has 128 valence electrons. The zero-order valence-corrected chi connectivity index (χ0v) is 14.6. The van der Waals surface area contributed by atoms with Gasteiger partial charge in [0.1, 0.15) is 0 Å². The van der Waals surface area contributed by atoms with E-state index in [0.29, 0.717) is 18.2 Å². The summed E-state index contributed by atoms with van der Waals surface area (Å²) >= 11 is 5.88. The summed E-state index contributed by atoms with van der Waals surface area (Å²) in [5, 5.41) is 6.22. The number of amides is 2. The lowest BCUT2D eigenvalue weighted by Gasteiger charge is -2.16. The molecule has 6 nitrogen and oxygen atoms in total. The quantitative estimate of drug-likeness (QED) is 0.670. The Labute approximate surface area is 142 Å². The SMILES string of the molecule is COCCCNC(=O)CN(C)CC(=O)Nc1ccc(Cl)cc1C. The molecule has 0 aromatic heterocycles. The van der Waals surface area contributed by atoms with Gasteiger partial charge in [-0.2, -0.15) is 0 Å². The number of aryl methyl sites for hydroxylation is 1. The summed E-state index contributed by atoms with van der Waals surface area (Å²) in [6.07, 6.45) is 0.766. The number of carbonyl (C=O) groups is 2. The van der Waals surface area contributed by atoms with Gasteiger partial charge in [-0.1, -0.05) is 11.6 Å². The van der Waals surface area contributed by atoms with Crippen molar-refractivity contribution in [1.82, 2.24) is 10.2 Å². The first-order valence-electron chi connectivity index (χ1n) is 7.42. The maximum atomic E-state index is 12.0. The first kappa shape index (κ1) is 19.4. The number of carbonyl (C=O) groups excluding carboxylic acids is 2. The number of likely N-dealkylation sites (N-methyl/N-ethyl adjacent to an activating group) is 1. The Morgan fingerprint density at radius 2 is 1.96 bits per heavy atom. The fraction of sp³-hybridized carbons (Fsp3) is 0.500. The van der Waals surface area contributed by atoms with Crippen LogP contribution in [0.25, 0.3) is 0 Å². The third kappa shape index (κ3) is 7.97. The van der Waals surface area contributed by atoms with Crippen LogP contribution < -0.4 is 10.6 Å². The summed E-state index contributed by atoms with van der Waals surface area (Å²) in [5.74, 6) is -0.288. The molecule has 0 aliphatic carbocycles. The minimum atomic E-state index is -0.176. The summed E-state index contributed by atoms with van der Waals surface area (Å²) in [6.45, 7) is 3.35. The number of hydrogen-bond donors (Lipinski definition) is 2. The monoisotopic (exact) mass is 341 g/mol. The zero-order valence-electron chi connectivity index (χ0n) is 13.8. The first-order valence-corrected chi connectivity index (χ1v) is 7.80. The van der Waals surface area contributed by atoms with Gasteiger partial charge in [-0.25, -0.2) is 0 Å². The van der Waals surface area contributed by atoms with E-state index in [1.54, 1.807) is 37.3 Å². The third-order valence-corrected chi connectivity index (χ3v) is 3.37. The van der Waals surface area contributed by atoms with Crippen molar-refractivity contribution in [2.24, 2.45) is 0 Å². The standard InChI is InChI=1S/C16H24ClN3O3/c1-12-9-13(17)5-6-14(12)19-16(22)11-20(2)10-15(21)18-7-4-8-23-3/h5-6,9H,4,7-8,10-11H2,1-3H3,(H,18,21)(H,19,22). The largest absolute Gasteiger partial charge is 0.385 e. The Hall–Kier alpha value is -1.63. The van der Waals surface area contributed by atoms with Crippen molar-refractivity contribution in [3.8, 4) is 0 Å². The smallest absolute Gasteiger partial charge is 0.238 e. The molecule has 2 amide bonds. The molecule has 1 aromatic carbocycles. The topological polar surface area (TPSA) is 70.7 Å². The molecule has 0 bridgehead atoms. The van der Waals surface area contributed by atoms with Crippen LogP contribution in [0.15, 0.2) is 18.2 Å². The maximum absolute atomic E-state index is 12.0. The summed E-state index contributed by atoms with van der Waals surface area (Å²) in [5.41, 5.74) is 1.61. The fourth-order valence-corrected chi connectivity index (χ4v) is 2.23. The molecule has 7 heteroatoms. The maximum Gasteiger partial charge on any atom is 0.238 e. The second kappa shape index (κ2) is 10.2. The van der Waals surface area contributed by atoms with E-state index in [2.05, 4.69) is 10.6 Å². The van der Waals surface area contributed by atoms with E-state index in [1.807, 2.05) is 6.92 Å². The molecule has 0 saturated carbocycles. The van der Waals surface area contributed by atoms with Gasteiger partial charge in [0, 0.05) is 31.0 Å². The van der Waals surface area contributed by atoms with Gasteiger partial charge >= 0.3 is 0 Å². The van der Waals surface area contributed by atoms with Crippen molar-refractivity contribution in [2.75, 3.05) is 45.7 Å². The Kier molecular flexibility index (Phi) is 8.61. The number of hydrogen-bond acceptors (Lipinski definition) is 4. The van der Waals surface area contributed by atoms with E-state index in [9.17, 15) is 9.59 Å². The number of methoxy groups -OCH3 is 1. The van der Waals surface area contributed by atoms with Crippen molar-refractivity contribution in [1.29, 1.82) is 0 Å². The number of halogens is 1. The highest BCUT2D eigenvalue weighted by Gasteiger charge is 2.11. The van der Waals surface area contributed by atoms with Crippen LogP contribution in [0.5, 0.6) is 0 Å². The van der Waals surface area contributed by atoms with Gasteiger partial charge in [0.25, 0.3) is 0 Å². The van der Waals surface area contributed by atoms with Gasteiger partial charge in [-0.15, -0.1) is 0 Å². The lowest BCUT2D eigenvalue weighted by atomic mass is 10.2. The van der Waals surface area contributed by atoms with Crippen molar-refractivity contribution in [2.45, 2.75) is 13.3 Å². The van der Waals surface area contributed by atoms with E-state index in [0.717, 1.165) is 17.7 Å². The van der Waals surface area contributed by atoms with Gasteiger partial charge in [-0.05, 0) is 44.2 Å². The molecule has 0 aliphatic heterocycles. The number of rotatable bonds is 9. The first-order chi connectivity index (χ1) is 10.9. The van der Waals surface area contributed by atoms with Crippen LogP contribution in [-0.2, 0) is 14.3 Å². The Morgan fingerprint density at radius 3 is 2.61 bits per heavy atom. The Balaban J connectivity index is 2.34.